The lowest BCUT2D eigenvalue weighted by Crippen LogP contribution is -2.36. The summed E-state index contributed by atoms with van der Waals surface area (Å²) in [6.07, 6.45) is 5.23. The number of ether oxygens (including phenoxy) is 1. The molecule has 2 aliphatic heterocycles. The van der Waals surface area contributed by atoms with Gasteiger partial charge >= 0.3 is 0 Å². The molecule has 1 aromatic carbocycles. The van der Waals surface area contributed by atoms with Crippen LogP contribution in [0.25, 0.3) is 0 Å². The monoisotopic (exact) mass is 415 g/mol. The van der Waals surface area contributed by atoms with Crippen molar-refractivity contribution >= 4 is 34.9 Å². The smallest absolute Gasteiger partial charge is 0.138 e. The first-order valence-electron chi connectivity index (χ1n) is 9.49. The van der Waals surface area contributed by atoms with Gasteiger partial charge in [0.15, 0.2) is 0 Å². The number of pyridine rings is 1. The Kier molecular flexibility index (Phi) is 6.80. The van der Waals surface area contributed by atoms with Gasteiger partial charge in [-0.3, -0.25) is 4.98 Å². The van der Waals surface area contributed by atoms with E-state index in [1.165, 1.54) is 11.3 Å². The van der Waals surface area contributed by atoms with Gasteiger partial charge in [-0.05, 0) is 47.4 Å². The van der Waals surface area contributed by atoms with Crippen molar-refractivity contribution in [3.05, 3.63) is 65.8 Å². The third-order valence-corrected chi connectivity index (χ3v) is 7.58. The minimum absolute atomic E-state index is 0.0887. The third kappa shape index (κ3) is 5.03. The highest BCUT2D eigenvalue weighted by Crippen LogP contribution is 2.37. The molecule has 3 atom stereocenters. The Morgan fingerprint density at radius 2 is 1.93 bits per heavy atom. The zero-order chi connectivity index (χ0) is 19.2. The van der Waals surface area contributed by atoms with Gasteiger partial charge in [-0.1, -0.05) is 6.08 Å². The average Bonchev–Trinajstić information content (AvgIpc) is 3.23. The molecule has 4 rings (SSSR count). The summed E-state index contributed by atoms with van der Waals surface area (Å²) in [7, 11) is 0. The van der Waals surface area contributed by atoms with Crippen molar-refractivity contribution in [3.63, 3.8) is 0 Å². The van der Waals surface area contributed by atoms with Crippen LogP contribution in [0, 0.1) is 0 Å². The first-order valence-corrected chi connectivity index (χ1v) is 11.5. The molecule has 7 heteroatoms. The summed E-state index contributed by atoms with van der Waals surface area (Å²) in [5.74, 6) is 0.912. The Morgan fingerprint density at radius 3 is 2.68 bits per heavy atom. The van der Waals surface area contributed by atoms with E-state index in [9.17, 15) is 5.11 Å². The van der Waals surface area contributed by atoms with Crippen LogP contribution in [0.5, 0.6) is 0 Å². The molecule has 1 saturated heterocycles. The second-order valence-corrected chi connectivity index (χ2v) is 9.05. The Labute approximate surface area is 174 Å². The Hall–Kier alpha value is -1.67. The van der Waals surface area contributed by atoms with E-state index in [4.69, 9.17) is 4.74 Å². The minimum atomic E-state index is -0.607. The number of morpholine rings is 1. The molecular formula is C21H25N3O2S2. The Balaban J connectivity index is 1.31. The van der Waals surface area contributed by atoms with Crippen LogP contribution in [-0.2, 0) is 10.5 Å². The highest BCUT2D eigenvalue weighted by atomic mass is 32.2. The lowest BCUT2D eigenvalue weighted by atomic mass is 10.2. The van der Waals surface area contributed by atoms with E-state index in [0.717, 1.165) is 37.7 Å². The lowest BCUT2D eigenvalue weighted by molar-refractivity contribution is 0.122. The number of aliphatic hydroxyl groups excluding tert-OH is 1. The molecule has 0 bridgehead atoms. The Bertz CT molecular complexity index is 767. The number of benzene rings is 1. The van der Waals surface area contributed by atoms with Gasteiger partial charge in [-0.2, -0.15) is 0 Å². The molecule has 28 heavy (non-hydrogen) atoms. The van der Waals surface area contributed by atoms with Gasteiger partial charge in [-0.15, -0.1) is 23.5 Å². The lowest BCUT2D eigenvalue weighted by Gasteiger charge is -2.29. The first kappa shape index (κ1) is 19.6. The fourth-order valence-electron chi connectivity index (χ4n) is 3.32. The van der Waals surface area contributed by atoms with Crippen LogP contribution in [0.15, 0.2) is 60.3 Å². The molecule has 3 unspecified atom stereocenters. The van der Waals surface area contributed by atoms with Gasteiger partial charge in [0.2, 0.25) is 0 Å². The summed E-state index contributed by atoms with van der Waals surface area (Å²) >= 11 is 3.54. The van der Waals surface area contributed by atoms with Gasteiger partial charge in [0.1, 0.15) is 6.23 Å². The van der Waals surface area contributed by atoms with Gasteiger partial charge in [0.05, 0.1) is 18.5 Å². The van der Waals surface area contributed by atoms with Gasteiger partial charge < -0.3 is 20.1 Å². The van der Waals surface area contributed by atoms with Crippen molar-refractivity contribution in [2.45, 2.75) is 22.5 Å². The van der Waals surface area contributed by atoms with Crippen LogP contribution >= 0.6 is 23.5 Å². The van der Waals surface area contributed by atoms with Crippen LogP contribution in [0.1, 0.15) is 5.56 Å². The van der Waals surface area contributed by atoms with E-state index in [2.05, 4.69) is 38.8 Å². The molecule has 2 N–H and O–H groups in total. The van der Waals surface area contributed by atoms with E-state index in [-0.39, 0.29) is 10.5 Å². The number of nitrogens with one attached hydrogen (secondary N) is 1. The van der Waals surface area contributed by atoms with E-state index < -0.39 is 6.23 Å². The van der Waals surface area contributed by atoms with E-state index in [0.29, 0.717) is 0 Å². The van der Waals surface area contributed by atoms with Gasteiger partial charge in [0.25, 0.3) is 0 Å². The molecule has 0 spiro atoms. The fourth-order valence-corrected chi connectivity index (χ4v) is 5.86. The SMILES string of the molecule is OC(Nc1ccc(N2CCOCC2)cc1)C1SC=CC1SCc1ccncc1. The number of hydrogen-bond acceptors (Lipinski definition) is 7. The van der Waals surface area contributed by atoms with Crippen LogP contribution in [0.2, 0.25) is 0 Å². The van der Waals surface area contributed by atoms with Crippen LogP contribution < -0.4 is 10.2 Å². The number of anilines is 2. The fraction of sp³-hybridized carbons (Fsp3) is 0.381. The summed E-state index contributed by atoms with van der Waals surface area (Å²) in [5, 5.41) is 16.5. The topological polar surface area (TPSA) is 57.6 Å². The normalized spacial score (nSPS) is 23.0. The summed E-state index contributed by atoms with van der Waals surface area (Å²) in [6, 6.07) is 12.4. The summed E-state index contributed by atoms with van der Waals surface area (Å²) < 4.78 is 5.41. The molecule has 0 saturated carbocycles. The van der Waals surface area contributed by atoms with E-state index in [1.54, 1.807) is 11.8 Å². The van der Waals surface area contributed by atoms with Crippen LogP contribution in [0.3, 0.4) is 0 Å². The largest absolute Gasteiger partial charge is 0.378 e. The van der Waals surface area contributed by atoms with Gasteiger partial charge in [-0.25, -0.2) is 0 Å². The van der Waals surface area contributed by atoms with Crippen molar-refractivity contribution in [1.29, 1.82) is 0 Å². The maximum Gasteiger partial charge on any atom is 0.138 e. The highest BCUT2D eigenvalue weighted by Gasteiger charge is 2.30. The Morgan fingerprint density at radius 1 is 1.18 bits per heavy atom. The molecule has 3 heterocycles. The third-order valence-electron chi connectivity index (χ3n) is 4.89. The molecular weight excluding hydrogens is 390 g/mol. The maximum absolute atomic E-state index is 10.8. The molecule has 0 amide bonds. The molecule has 0 aliphatic carbocycles. The standard InChI is InChI=1S/C21H25N3O2S2/c25-21(20-19(7-14-27-20)28-15-16-5-8-22-9-6-16)23-17-1-3-18(4-2-17)24-10-12-26-13-11-24/h1-9,14,19-21,23,25H,10-13,15H2. The first-order chi connectivity index (χ1) is 13.8. The second kappa shape index (κ2) is 9.69. The molecule has 1 aromatic heterocycles. The van der Waals surface area contributed by atoms with Crippen molar-refractivity contribution in [2.24, 2.45) is 0 Å². The molecule has 0 radical (unpaired) electrons. The zero-order valence-corrected chi connectivity index (χ0v) is 17.2. The molecule has 5 nitrogen and oxygen atoms in total. The quantitative estimate of drug-likeness (QED) is 0.670. The highest BCUT2D eigenvalue weighted by molar-refractivity contribution is 8.06. The second-order valence-electron chi connectivity index (χ2n) is 6.80. The molecule has 148 valence electrons. The van der Waals surface area contributed by atoms with Crippen molar-refractivity contribution in [3.8, 4) is 0 Å². The predicted octanol–water partition coefficient (Wildman–Crippen LogP) is 3.58. The van der Waals surface area contributed by atoms with E-state index in [1.807, 2.05) is 48.4 Å². The van der Waals surface area contributed by atoms with Crippen LogP contribution in [0.4, 0.5) is 11.4 Å². The van der Waals surface area contributed by atoms with Crippen LogP contribution in [-0.4, -0.2) is 53.1 Å². The molecule has 1 fully saturated rings. The summed E-state index contributed by atoms with van der Waals surface area (Å²) in [6.45, 7) is 3.42. The van der Waals surface area contributed by atoms with Crippen molar-refractivity contribution < 1.29 is 9.84 Å². The number of aliphatic hydroxyl groups is 1. The zero-order valence-electron chi connectivity index (χ0n) is 15.6. The minimum Gasteiger partial charge on any atom is -0.378 e. The molecule has 2 aliphatic rings. The predicted molar refractivity (Wildman–Crippen MR) is 119 cm³/mol. The average molecular weight is 416 g/mol. The number of thioether (sulfide) groups is 2. The number of rotatable bonds is 7. The van der Waals surface area contributed by atoms with E-state index >= 15 is 0 Å². The number of aromatic nitrogens is 1. The number of hydrogen-bond donors (Lipinski definition) is 2. The van der Waals surface area contributed by atoms with Crippen molar-refractivity contribution in [2.75, 3.05) is 36.5 Å². The molecule has 2 aromatic rings. The van der Waals surface area contributed by atoms with Crippen molar-refractivity contribution in [1.82, 2.24) is 4.98 Å². The summed E-state index contributed by atoms with van der Waals surface area (Å²) in [5.41, 5.74) is 3.39. The summed E-state index contributed by atoms with van der Waals surface area (Å²) in [4.78, 5) is 6.39. The number of nitrogens with zero attached hydrogens (tertiary/aromatic N) is 2. The maximum atomic E-state index is 10.8. The van der Waals surface area contributed by atoms with Gasteiger partial charge in [0, 0.05) is 47.9 Å².